The van der Waals surface area contributed by atoms with Crippen LogP contribution in [0.25, 0.3) is 0 Å². The van der Waals surface area contributed by atoms with Gasteiger partial charge in [-0.25, -0.2) is 8.42 Å². The van der Waals surface area contributed by atoms with Crippen LogP contribution in [0.15, 0.2) is 29.0 Å². The zero-order valence-electron chi connectivity index (χ0n) is 14.5. The topological polar surface area (TPSA) is 118 Å². The smallest absolute Gasteiger partial charge is 0.227 e. The van der Waals surface area contributed by atoms with E-state index in [1.165, 1.54) is 10.6 Å². The summed E-state index contributed by atoms with van der Waals surface area (Å²) in [5, 5.41) is 6.70. The fraction of sp³-hybridized carbons (Fsp3) is 0.500. The van der Waals surface area contributed by atoms with Gasteiger partial charge in [-0.15, -0.1) is 0 Å². The van der Waals surface area contributed by atoms with E-state index in [-0.39, 0.29) is 18.4 Å². The van der Waals surface area contributed by atoms with Gasteiger partial charge in [0.05, 0.1) is 12.3 Å². The zero-order valence-corrected chi connectivity index (χ0v) is 15.3. The molecule has 1 atom stereocenters. The Morgan fingerprint density at radius 3 is 3.04 bits per heavy atom. The molecular weight excluding hydrogens is 358 g/mol. The van der Waals surface area contributed by atoms with E-state index in [0.29, 0.717) is 37.6 Å². The predicted octanol–water partition coefficient (Wildman–Crippen LogP) is 0.810. The van der Waals surface area contributed by atoms with Crippen LogP contribution >= 0.6 is 0 Å². The maximum absolute atomic E-state index is 11.9. The van der Waals surface area contributed by atoms with Crippen molar-refractivity contribution in [2.45, 2.75) is 38.3 Å². The Bertz CT molecular complexity index is 853. The Balaban J connectivity index is 1.51. The molecule has 0 saturated carbocycles. The van der Waals surface area contributed by atoms with E-state index in [9.17, 15) is 13.2 Å². The summed E-state index contributed by atoms with van der Waals surface area (Å²) < 4.78 is 30.2. The lowest BCUT2D eigenvalue weighted by molar-refractivity contribution is -0.121. The van der Waals surface area contributed by atoms with Crippen LogP contribution in [-0.4, -0.2) is 46.6 Å². The summed E-state index contributed by atoms with van der Waals surface area (Å²) in [7, 11) is -3.31. The van der Waals surface area contributed by atoms with Crippen molar-refractivity contribution in [1.29, 1.82) is 0 Å². The molecule has 0 spiro atoms. The highest BCUT2D eigenvalue weighted by Gasteiger charge is 2.35. The van der Waals surface area contributed by atoms with Gasteiger partial charge >= 0.3 is 0 Å². The first-order valence-electron chi connectivity index (χ1n) is 8.38. The SMILES string of the molecule is CS(=O)(=O)N1CCCC1c1noc(CCC(=O)NCc2cccnc2)n1. The average molecular weight is 379 g/mol. The van der Waals surface area contributed by atoms with Gasteiger partial charge in [-0.05, 0) is 24.5 Å². The number of nitrogens with one attached hydrogen (secondary N) is 1. The Hall–Kier alpha value is -2.33. The van der Waals surface area contributed by atoms with Crippen LogP contribution in [0.1, 0.15) is 42.6 Å². The van der Waals surface area contributed by atoms with E-state index in [2.05, 4.69) is 20.4 Å². The van der Waals surface area contributed by atoms with E-state index < -0.39 is 10.0 Å². The molecule has 1 unspecified atom stereocenters. The van der Waals surface area contributed by atoms with Crippen LogP contribution in [0.5, 0.6) is 0 Å². The molecule has 1 aliphatic heterocycles. The molecule has 26 heavy (non-hydrogen) atoms. The van der Waals surface area contributed by atoms with Crippen molar-refractivity contribution < 1.29 is 17.7 Å². The lowest BCUT2D eigenvalue weighted by Gasteiger charge is -2.18. The van der Waals surface area contributed by atoms with Crippen LogP contribution in [-0.2, 0) is 27.8 Å². The minimum absolute atomic E-state index is 0.132. The molecular formula is C16H21N5O4S. The van der Waals surface area contributed by atoms with Crippen LogP contribution in [0.4, 0.5) is 0 Å². The minimum Gasteiger partial charge on any atom is -0.352 e. The maximum atomic E-state index is 11.9. The third kappa shape index (κ3) is 4.64. The Kier molecular flexibility index (Phi) is 5.62. The lowest BCUT2D eigenvalue weighted by Crippen LogP contribution is -2.30. The number of aromatic nitrogens is 3. The fourth-order valence-electron chi connectivity index (χ4n) is 2.91. The third-order valence-corrected chi connectivity index (χ3v) is 5.48. The quantitative estimate of drug-likeness (QED) is 0.756. The van der Waals surface area contributed by atoms with Crippen LogP contribution in [0, 0.1) is 0 Å². The minimum atomic E-state index is -3.31. The molecule has 140 valence electrons. The van der Waals surface area contributed by atoms with Gasteiger partial charge in [0.25, 0.3) is 0 Å². The number of aryl methyl sites for hydroxylation is 1. The molecule has 3 heterocycles. The maximum Gasteiger partial charge on any atom is 0.227 e. The molecule has 9 nitrogen and oxygen atoms in total. The molecule has 3 rings (SSSR count). The second-order valence-electron chi connectivity index (χ2n) is 6.22. The second-order valence-corrected chi connectivity index (χ2v) is 8.15. The number of hydrogen-bond acceptors (Lipinski definition) is 7. The molecule has 1 aliphatic rings. The molecule has 2 aromatic heterocycles. The Morgan fingerprint density at radius 1 is 1.46 bits per heavy atom. The van der Waals surface area contributed by atoms with Gasteiger partial charge in [0.15, 0.2) is 5.82 Å². The molecule has 2 aromatic rings. The van der Waals surface area contributed by atoms with E-state index >= 15 is 0 Å². The van der Waals surface area contributed by atoms with Gasteiger partial charge in [0.1, 0.15) is 0 Å². The number of pyridine rings is 1. The van der Waals surface area contributed by atoms with Crippen molar-refractivity contribution in [3.8, 4) is 0 Å². The molecule has 1 amide bonds. The number of hydrogen-bond donors (Lipinski definition) is 1. The van der Waals surface area contributed by atoms with Gasteiger partial charge in [-0.3, -0.25) is 9.78 Å². The third-order valence-electron chi connectivity index (χ3n) is 4.19. The lowest BCUT2D eigenvalue weighted by atomic mass is 10.2. The van der Waals surface area contributed by atoms with Crippen molar-refractivity contribution in [3.63, 3.8) is 0 Å². The largest absolute Gasteiger partial charge is 0.352 e. The van der Waals surface area contributed by atoms with Gasteiger partial charge in [0.2, 0.25) is 21.8 Å². The monoisotopic (exact) mass is 379 g/mol. The average Bonchev–Trinajstić information content (AvgIpc) is 3.27. The van der Waals surface area contributed by atoms with Crippen LogP contribution in [0.2, 0.25) is 0 Å². The molecule has 0 aliphatic carbocycles. The molecule has 0 bridgehead atoms. The van der Waals surface area contributed by atoms with Crippen molar-refractivity contribution in [1.82, 2.24) is 24.7 Å². The molecule has 0 aromatic carbocycles. The summed E-state index contributed by atoms with van der Waals surface area (Å²) in [6.07, 6.45) is 6.49. The van der Waals surface area contributed by atoms with Gasteiger partial charge in [-0.2, -0.15) is 9.29 Å². The summed E-state index contributed by atoms with van der Waals surface area (Å²) >= 11 is 0. The van der Waals surface area contributed by atoms with Crippen molar-refractivity contribution >= 4 is 15.9 Å². The summed E-state index contributed by atoms with van der Waals surface area (Å²) in [5.74, 6) is 0.558. The second kappa shape index (κ2) is 7.92. The van der Waals surface area contributed by atoms with Crippen molar-refractivity contribution in [2.24, 2.45) is 0 Å². The fourth-order valence-corrected chi connectivity index (χ4v) is 4.03. The van der Waals surface area contributed by atoms with Crippen LogP contribution in [0.3, 0.4) is 0 Å². The highest BCUT2D eigenvalue weighted by molar-refractivity contribution is 7.88. The molecule has 1 N–H and O–H groups in total. The van der Waals surface area contributed by atoms with E-state index in [1.54, 1.807) is 12.4 Å². The summed E-state index contributed by atoms with van der Waals surface area (Å²) in [6, 6.07) is 3.30. The van der Waals surface area contributed by atoms with Gasteiger partial charge in [0, 0.05) is 38.3 Å². The standard InChI is InChI=1S/C16H21N5O4S/c1-26(23,24)21-9-3-5-13(21)16-19-15(25-20-16)7-6-14(22)18-11-12-4-2-8-17-10-12/h2,4,8,10,13H,3,5-7,9,11H2,1H3,(H,18,22). The predicted molar refractivity (Wildman–Crippen MR) is 92.2 cm³/mol. The number of amides is 1. The van der Waals surface area contributed by atoms with E-state index in [1.807, 2.05) is 12.1 Å². The molecule has 0 radical (unpaired) electrons. The number of carbonyl (C=O) groups is 1. The van der Waals surface area contributed by atoms with E-state index in [0.717, 1.165) is 12.0 Å². The molecule has 1 fully saturated rings. The first-order valence-corrected chi connectivity index (χ1v) is 10.2. The Labute approximate surface area is 151 Å². The first-order chi connectivity index (χ1) is 12.4. The molecule has 1 saturated heterocycles. The van der Waals surface area contributed by atoms with Crippen LogP contribution < -0.4 is 5.32 Å². The first kappa shape index (κ1) is 18.5. The van der Waals surface area contributed by atoms with E-state index in [4.69, 9.17) is 4.52 Å². The summed E-state index contributed by atoms with van der Waals surface area (Å²) in [5.41, 5.74) is 0.919. The van der Waals surface area contributed by atoms with Crippen molar-refractivity contribution in [2.75, 3.05) is 12.8 Å². The summed E-state index contributed by atoms with van der Waals surface area (Å²) in [6.45, 7) is 0.872. The van der Waals surface area contributed by atoms with Crippen molar-refractivity contribution in [3.05, 3.63) is 41.8 Å². The summed E-state index contributed by atoms with van der Waals surface area (Å²) in [4.78, 5) is 20.2. The number of sulfonamides is 1. The zero-order chi connectivity index (χ0) is 18.6. The molecule has 10 heteroatoms. The van der Waals surface area contributed by atoms with Gasteiger partial charge in [-0.1, -0.05) is 11.2 Å². The van der Waals surface area contributed by atoms with Gasteiger partial charge < -0.3 is 9.84 Å². The Morgan fingerprint density at radius 2 is 2.31 bits per heavy atom. The highest BCUT2D eigenvalue weighted by atomic mass is 32.2. The number of nitrogens with zero attached hydrogens (tertiary/aromatic N) is 4. The normalized spacial score (nSPS) is 18.1. The highest BCUT2D eigenvalue weighted by Crippen LogP contribution is 2.32. The number of carbonyl (C=O) groups excluding carboxylic acids is 1. The number of rotatable bonds is 7.